The van der Waals surface area contributed by atoms with Gasteiger partial charge in [-0.25, -0.2) is 0 Å². The summed E-state index contributed by atoms with van der Waals surface area (Å²) in [6, 6.07) is 10.6. The number of hydrogen-bond donors (Lipinski definition) is 0. The fourth-order valence-corrected chi connectivity index (χ4v) is 1.82. The van der Waals surface area contributed by atoms with Crippen molar-refractivity contribution < 1.29 is 4.92 Å². The van der Waals surface area contributed by atoms with Gasteiger partial charge in [-0.2, -0.15) is 0 Å². The Bertz CT molecular complexity index is 638. The molecule has 0 fully saturated rings. The Morgan fingerprint density at radius 3 is 2.50 bits per heavy atom. The Balaban J connectivity index is 2.45. The standard InChI is InChI=1S/C12H9ClN2O3/c13-10-6-7-14(12(16)11(10)15(17)18)8-9-4-2-1-3-5-9/h1-7H,8H2. The molecule has 0 N–H and O–H groups in total. The second-order valence-electron chi connectivity index (χ2n) is 3.69. The molecular weight excluding hydrogens is 256 g/mol. The minimum absolute atomic E-state index is 0.144. The summed E-state index contributed by atoms with van der Waals surface area (Å²) in [4.78, 5) is 21.9. The predicted molar refractivity (Wildman–Crippen MR) is 67.9 cm³/mol. The summed E-state index contributed by atoms with van der Waals surface area (Å²) < 4.78 is 1.26. The van der Waals surface area contributed by atoms with Gasteiger partial charge in [0.15, 0.2) is 0 Å². The lowest BCUT2D eigenvalue weighted by Crippen LogP contribution is -2.22. The van der Waals surface area contributed by atoms with Gasteiger partial charge in [0.05, 0.1) is 11.5 Å². The van der Waals surface area contributed by atoms with Crippen LogP contribution in [0.15, 0.2) is 47.4 Å². The maximum atomic E-state index is 11.9. The van der Waals surface area contributed by atoms with Crippen molar-refractivity contribution in [2.24, 2.45) is 0 Å². The summed E-state index contributed by atoms with van der Waals surface area (Å²) in [5.74, 6) is 0. The van der Waals surface area contributed by atoms with E-state index in [2.05, 4.69) is 0 Å². The Labute approximate surface area is 107 Å². The first-order chi connectivity index (χ1) is 8.59. The van der Waals surface area contributed by atoms with Crippen LogP contribution in [0.5, 0.6) is 0 Å². The minimum Gasteiger partial charge on any atom is -0.305 e. The van der Waals surface area contributed by atoms with Gasteiger partial charge in [0.1, 0.15) is 5.02 Å². The van der Waals surface area contributed by atoms with Crippen LogP contribution in [-0.4, -0.2) is 9.49 Å². The highest BCUT2D eigenvalue weighted by molar-refractivity contribution is 6.32. The number of rotatable bonds is 3. The molecule has 0 saturated heterocycles. The summed E-state index contributed by atoms with van der Waals surface area (Å²) in [5, 5.41) is 10.6. The molecule has 0 bridgehead atoms. The maximum absolute atomic E-state index is 11.9. The molecular formula is C12H9ClN2O3. The van der Waals surface area contributed by atoms with Crippen molar-refractivity contribution >= 4 is 17.3 Å². The van der Waals surface area contributed by atoms with E-state index in [1.165, 1.54) is 16.8 Å². The van der Waals surface area contributed by atoms with E-state index in [0.29, 0.717) is 0 Å². The number of nitrogens with zero attached hydrogens (tertiary/aromatic N) is 2. The lowest BCUT2D eigenvalue weighted by atomic mass is 10.2. The van der Waals surface area contributed by atoms with Crippen LogP contribution >= 0.6 is 11.6 Å². The number of halogens is 1. The monoisotopic (exact) mass is 264 g/mol. The van der Waals surface area contributed by atoms with Gasteiger partial charge >= 0.3 is 11.2 Å². The number of nitro groups is 1. The van der Waals surface area contributed by atoms with Crippen LogP contribution in [-0.2, 0) is 6.54 Å². The molecule has 18 heavy (non-hydrogen) atoms. The molecule has 0 spiro atoms. The van der Waals surface area contributed by atoms with Crippen molar-refractivity contribution in [2.45, 2.75) is 6.54 Å². The molecule has 92 valence electrons. The molecule has 0 saturated carbocycles. The summed E-state index contributed by atoms with van der Waals surface area (Å²) in [6.45, 7) is 0.275. The number of aromatic nitrogens is 1. The number of hydrogen-bond acceptors (Lipinski definition) is 3. The van der Waals surface area contributed by atoms with Crippen LogP contribution in [0.3, 0.4) is 0 Å². The van der Waals surface area contributed by atoms with Crippen LogP contribution in [0.1, 0.15) is 5.56 Å². The van der Waals surface area contributed by atoms with Crippen LogP contribution in [0.4, 0.5) is 5.69 Å². The molecule has 2 aromatic rings. The second kappa shape index (κ2) is 5.01. The fourth-order valence-electron chi connectivity index (χ4n) is 1.61. The van der Waals surface area contributed by atoms with Gasteiger partial charge in [-0.05, 0) is 11.6 Å². The first kappa shape index (κ1) is 12.3. The van der Waals surface area contributed by atoms with Crippen LogP contribution < -0.4 is 5.56 Å². The second-order valence-corrected chi connectivity index (χ2v) is 4.10. The Morgan fingerprint density at radius 1 is 1.22 bits per heavy atom. The van der Waals surface area contributed by atoms with E-state index in [1.54, 1.807) is 0 Å². The molecule has 5 nitrogen and oxygen atoms in total. The van der Waals surface area contributed by atoms with Crippen LogP contribution in [0.2, 0.25) is 5.02 Å². The first-order valence-electron chi connectivity index (χ1n) is 5.17. The maximum Gasteiger partial charge on any atom is 0.352 e. The van der Waals surface area contributed by atoms with E-state index < -0.39 is 16.2 Å². The lowest BCUT2D eigenvalue weighted by Gasteiger charge is -2.05. The van der Waals surface area contributed by atoms with Crippen molar-refractivity contribution in [3.63, 3.8) is 0 Å². The van der Waals surface area contributed by atoms with Gasteiger partial charge in [-0.1, -0.05) is 41.9 Å². The van der Waals surface area contributed by atoms with Gasteiger partial charge in [0, 0.05) is 6.20 Å². The Morgan fingerprint density at radius 2 is 1.89 bits per heavy atom. The molecule has 0 aliphatic carbocycles. The summed E-state index contributed by atoms with van der Waals surface area (Å²) in [7, 11) is 0. The molecule has 1 aromatic heterocycles. The Hall–Kier alpha value is -2.14. The highest BCUT2D eigenvalue weighted by Crippen LogP contribution is 2.18. The molecule has 0 radical (unpaired) electrons. The molecule has 0 aliphatic rings. The third-order valence-electron chi connectivity index (χ3n) is 2.47. The highest BCUT2D eigenvalue weighted by atomic mass is 35.5. The third-order valence-corrected chi connectivity index (χ3v) is 2.77. The molecule has 1 heterocycles. The summed E-state index contributed by atoms with van der Waals surface area (Å²) in [6.07, 6.45) is 1.45. The molecule has 0 amide bonds. The normalized spacial score (nSPS) is 10.3. The van der Waals surface area contributed by atoms with Crippen LogP contribution in [0.25, 0.3) is 0 Å². The molecule has 0 unspecified atom stereocenters. The van der Waals surface area contributed by atoms with Gasteiger partial charge in [-0.3, -0.25) is 14.9 Å². The molecule has 0 aliphatic heterocycles. The first-order valence-corrected chi connectivity index (χ1v) is 5.54. The van der Waals surface area contributed by atoms with Crippen molar-refractivity contribution in [2.75, 3.05) is 0 Å². The van der Waals surface area contributed by atoms with E-state index in [-0.39, 0.29) is 11.6 Å². The minimum atomic E-state index is -0.758. The van der Waals surface area contributed by atoms with E-state index in [9.17, 15) is 14.9 Å². The molecule has 6 heteroatoms. The lowest BCUT2D eigenvalue weighted by molar-refractivity contribution is -0.386. The van der Waals surface area contributed by atoms with E-state index in [4.69, 9.17) is 11.6 Å². The zero-order valence-electron chi connectivity index (χ0n) is 9.25. The summed E-state index contributed by atoms with van der Waals surface area (Å²) >= 11 is 5.64. The number of pyridine rings is 1. The SMILES string of the molecule is O=c1c([N+](=O)[O-])c(Cl)ccn1Cc1ccccc1. The van der Waals surface area contributed by atoms with Gasteiger partial charge in [0.25, 0.3) is 0 Å². The topological polar surface area (TPSA) is 65.1 Å². The fraction of sp³-hybridized carbons (Fsp3) is 0.0833. The molecule has 0 atom stereocenters. The van der Waals surface area contributed by atoms with E-state index in [1.807, 2.05) is 30.3 Å². The number of benzene rings is 1. The highest BCUT2D eigenvalue weighted by Gasteiger charge is 2.19. The van der Waals surface area contributed by atoms with Crippen LogP contribution in [0, 0.1) is 10.1 Å². The summed E-state index contributed by atoms with van der Waals surface area (Å²) in [5.41, 5.74) is -0.400. The van der Waals surface area contributed by atoms with E-state index >= 15 is 0 Å². The van der Waals surface area contributed by atoms with Gasteiger partial charge in [0.2, 0.25) is 0 Å². The van der Waals surface area contributed by atoms with Gasteiger partial charge in [-0.15, -0.1) is 0 Å². The predicted octanol–water partition coefficient (Wildman–Crippen LogP) is 2.46. The molecule has 2 rings (SSSR count). The average Bonchev–Trinajstić information content (AvgIpc) is 2.34. The van der Waals surface area contributed by atoms with Crippen molar-refractivity contribution in [3.8, 4) is 0 Å². The van der Waals surface area contributed by atoms with Gasteiger partial charge < -0.3 is 4.57 Å². The third kappa shape index (κ3) is 2.41. The molecule has 1 aromatic carbocycles. The largest absolute Gasteiger partial charge is 0.352 e. The zero-order valence-corrected chi connectivity index (χ0v) is 10.0. The average molecular weight is 265 g/mol. The van der Waals surface area contributed by atoms with Crippen molar-refractivity contribution in [3.05, 3.63) is 73.6 Å². The Kier molecular flexibility index (Phi) is 3.43. The van der Waals surface area contributed by atoms with Crippen molar-refractivity contribution in [1.82, 2.24) is 4.57 Å². The van der Waals surface area contributed by atoms with Crippen molar-refractivity contribution in [1.29, 1.82) is 0 Å². The quantitative estimate of drug-likeness (QED) is 0.632. The zero-order chi connectivity index (χ0) is 13.1. The smallest absolute Gasteiger partial charge is 0.305 e. The van der Waals surface area contributed by atoms with E-state index in [0.717, 1.165) is 5.56 Å².